The molecule has 0 radical (unpaired) electrons. The third-order valence-electron chi connectivity index (χ3n) is 4.33. The van der Waals surface area contributed by atoms with Gasteiger partial charge in [0.15, 0.2) is 0 Å². The summed E-state index contributed by atoms with van der Waals surface area (Å²) in [6, 6.07) is 9.72. The van der Waals surface area contributed by atoms with Gasteiger partial charge in [0.25, 0.3) is 0 Å². The molecule has 0 N–H and O–H groups in total. The van der Waals surface area contributed by atoms with Gasteiger partial charge in [-0.05, 0) is 31.0 Å². The minimum absolute atomic E-state index is 0.470. The van der Waals surface area contributed by atoms with E-state index < -0.39 is 0 Å². The second-order valence-corrected chi connectivity index (χ2v) is 5.52. The lowest BCUT2D eigenvalue weighted by molar-refractivity contribution is 0.222. The molecule has 3 heteroatoms. The van der Waals surface area contributed by atoms with E-state index in [9.17, 15) is 0 Å². The maximum atomic E-state index is 9.03. The van der Waals surface area contributed by atoms with Gasteiger partial charge in [-0.25, -0.2) is 0 Å². The molecule has 0 bridgehead atoms. The van der Waals surface area contributed by atoms with Gasteiger partial charge in [-0.2, -0.15) is 10.5 Å². The first kappa shape index (κ1) is 11.1. The van der Waals surface area contributed by atoms with Crippen LogP contribution in [0.15, 0.2) is 18.2 Å². The number of nitriles is 2. The molecule has 1 aliphatic carbocycles. The highest BCUT2D eigenvalue weighted by Crippen LogP contribution is 2.46. The van der Waals surface area contributed by atoms with Crippen molar-refractivity contribution in [3.8, 4) is 12.1 Å². The normalized spacial score (nSPS) is 20.2. The highest BCUT2D eigenvalue weighted by atomic mass is 15.2. The quantitative estimate of drug-likeness (QED) is 0.754. The van der Waals surface area contributed by atoms with Crippen molar-refractivity contribution in [2.75, 3.05) is 18.0 Å². The van der Waals surface area contributed by atoms with Gasteiger partial charge in [0.1, 0.15) is 12.1 Å². The van der Waals surface area contributed by atoms with Gasteiger partial charge in [-0.3, -0.25) is 0 Å². The molecule has 2 aliphatic rings. The Bertz CT molecular complexity index is 548. The molecule has 1 saturated carbocycles. The average Bonchev–Trinajstić information content (AvgIpc) is 2.85. The first-order valence-corrected chi connectivity index (χ1v) is 6.46. The Morgan fingerprint density at radius 3 is 2.28 bits per heavy atom. The SMILES string of the molecule is N#Cc1ccc(N2CC3(CCCC3)C2)cc1C#N. The summed E-state index contributed by atoms with van der Waals surface area (Å²) in [6.07, 6.45) is 5.44. The molecular formula is C15H15N3. The lowest BCUT2D eigenvalue weighted by atomic mass is 9.78. The van der Waals surface area contributed by atoms with Gasteiger partial charge in [0.05, 0.1) is 11.1 Å². The minimum Gasteiger partial charge on any atom is -0.370 e. The fourth-order valence-electron chi connectivity index (χ4n) is 3.31. The molecule has 2 fully saturated rings. The van der Waals surface area contributed by atoms with Crippen molar-refractivity contribution in [3.05, 3.63) is 29.3 Å². The zero-order valence-electron chi connectivity index (χ0n) is 10.3. The number of hydrogen-bond acceptors (Lipinski definition) is 3. The van der Waals surface area contributed by atoms with Crippen molar-refractivity contribution in [1.29, 1.82) is 10.5 Å². The molecule has 1 spiro atoms. The number of hydrogen-bond donors (Lipinski definition) is 0. The summed E-state index contributed by atoms with van der Waals surface area (Å²) >= 11 is 0. The maximum absolute atomic E-state index is 9.03. The summed E-state index contributed by atoms with van der Waals surface area (Å²) < 4.78 is 0. The second-order valence-electron chi connectivity index (χ2n) is 5.52. The van der Waals surface area contributed by atoms with Crippen LogP contribution in [-0.4, -0.2) is 13.1 Å². The van der Waals surface area contributed by atoms with E-state index in [4.69, 9.17) is 10.5 Å². The van der Waals surface area contributed by atoms with E-state index in [1.165, 1.54) is 25.7 Å². The number of rotatable bonds is 1. The van der Waals surface area contributed by atoms with E-state index in [2.05, 4.69) is 17.0 Å². The van der Waals surface area contributed by atoms with E-state index in [-0.39, 0.29) is 0 Å². The van der Waals surface area contributed by atoms with Crippen LogP contribution < -0.4 is 4.90 Å². The Morgan fingerprint density at radius 2 is 1.67 bits per heavy atom. The van der Waals surface area contributed by atoms with Gasteiger partial charge in [-0.1, -0.05) is 12.8 Å². The predicted octanol–water partition coefficient (Wildman–Crippen LogP) is 2.81. The smallest absolute Gasteiger partial charge is 0.101 e. The van der Waals surface area contributed by atoms with E-state index >= 15 is 0 Å². The Labute approximate surface area is 107 Å². The molecule has 3 rings (SSSR count). The molecule has 90 valence electrons. The van der Waals surface area contributed by atoms with Crippen molar-refractivity contribution < 1.29 is 0 Å². The van der Waals surface area contributed by atoms with Crippen molar-refractivity contribution in [2.24, 2.45) is 5.41 Å². The molecule has 1 aliphatic heterocycles. The minimum atomic E-state index is 0.470. The van der Waals surface area contributed by atoms with Crippen molar-refractivity contribution in [1.82, 2.24) is 0 Å². The van der Waals surface area contributed by atoms with Crippen LogP contribution in [0.2, 0.25) is 0 Å². The highest BCUT2D eigenvalue weighted by molar-refractivity contribution is 5.59. The molecule has 0 unspecified atom stereocenters. The van der Waals surface area contributed by atoms with E-state index in [1.807, 2.05) is 12.1 Å². The molecule has 1 aromatic carbocycles. The molecule has 0 amide bonds. The van der Waals surface area contributed by atoms with Gasteiger partial charge in [0, 0.05) is 24.2 Å². The topological polar surface area (TPSA) is 50.8 Å². The molecular weight excluding hydrogens is 222 g/mol. The molecule has 18 heavy (non-hydrogen) atoms. The van der Waals surface area contributed by atoms with Crippen molar-refractivity contribution >= 4 is 5.69 Å². The standard InChI is InChI=1S/C15H15N3/c16-8-12-3-4-14(7-13(12)9-17)18-10-15(11-18)5-1-2-6-15/h3-4,7H,1-2,5-6,10-11H2. The third-order valence-corrected chi connectivity index (χ3v) is 4.33. The van der Waals surface area contributed by atoms with Crippen LogP contribution in [0, 0.1) is 28.1 Å². The fourth-order valence-corrected chi connectivity index (χ4v) is 3.31. The first-order valence-electron chi connectivity index (χ1n) is 6.46. The van der Waals surface area contributed by atoms with E-state index in [0.717, 1.165) is 18.8 Å². The summed E-state index contributed by atoms with van der Waals surface area (Å²) in [5, 5.41) is 17.9. The van der Waals surface area contributed by atoms with Crippen LogP contribution in [0.1, 0.15) is 36.8 Å². The molecule has 1 saturated heterocycles. The zero-order chi connectivity index (χ0) is 12.6. The number of anilines is 1. The predicted molar refractivity (Wildman–Crippen MR) is 69.0 cm³/mol. The Kier molecular flexibility index (Phi) is 2.49. The Balaban J connectivity index is 1.79. The molecule has 1 heterocycles. The van der Waals surface area contributed by atoms with E-state index in [0.29, 0.717) is 16.5 Å². The van der Waals surface area contributed by atoms with Gasteiger partial charge in [0.2, 0.25) is 0 Å². The van der Waals surface area contributed by atoms with Crippen LogP contribution in [-0.2, 0) is 0 Å². The highest BCUT2D eigenvalue weighted by Gasteiger charge is 2.44. The summed E-state index contributed by atoms with van der Waals surface area (Å²) in [6.45, 7) is 2.23. The zero-order valence-corrected chi connectivity index (χ0v) is 10.3. The van der Waals surface area contributed by atoms with Crippen LogP contribution in [0.25, 0.3) is 0 Å². The van der Waals surface area contributed by atoms with Crippen LogP contribution in [0.3, 0.4) is 0 Å². The lowest BCUT2D eigenvalue weighted by Gasteiger charge is -2.49. The maximum Gasteiger partial charge on any atom is 0.101 e. The summed E-state index contributed by atoms with van der Waals surface area (Å²) in [7, 11) is 0. The van der Waals surface area contributed by atoms with Crippen LogP contribution in [0.4, 0.5) is 5.69 Å². The molecule has 1 aromatic rings. The first-order chi connectivity index (χ1) is 8.76. The molecule has 0 atom stereocenters. The van der Waals surface area contributed by atoms with Gasteiger partial charge in [-0.15, -0.1) is 0 Å². The van der Waals surface area contributed by atoms with Gasteiger partial charge >= 0.3 is 0 Å². The summed E-state index contributed by atoms with van der Waals surface area (Å²) in [5.41, 5.74) is 2.60. The van der Waals surface area contributed by atoms with Gasteiger partial charge < -0.3 is 4.90 Å². The largest absolute Gasteiger partial charge is 0.370 e. The summed E-state index contributed by atoms with van der Waals surface area (Å²) in [5.74, 6) is 0. The monoisotopic (exact) mass is 237 g/mol. The Hall–Kier alpha value is -2.00. The van der Waals surface area contributed by atoms with Crippen LogP contribution in [0.5, 0.6) is 0 Å². The van der Waals surface area contributed by atoms with Crippen LogP contribution >= 0.6 is 0 Å². The lowest BCUT2D eigenvalue weighted by Crippen LogP contribution is -2.55. The number of benzene rings is 1. The molecule has 0 aromatic heterocycles. The number of nitrogens with zero attached hydrogens (tertiary/aromatic N) is 3. The average molecular weight is 237 g/mol. The summed E-state index contributed by atoms with van der Waals surface area (Å²) in [4.78, 5) is 2.33. The van der Waals surface area contributed by atoms with Crippen molar-refractivity contribution in [3.63, 3.8) is 0 Å². The Morgan fingerprint density at radius 1 is 1.00 bits per heavy atom. The van der Waals surface area contributed by atoms with E-state index in [1.54, 1.807) is 6.07 Å². The third kappa shape index (κ3) is 1.64. The fraction of sp³-hybridized carbons (Fsp3) is 0.467. The second kappa shape index (κ2) is 4.03. The van der Waals surface area contributed by atoms with Crippen molar-refractivity contribution in [2.45, 2.75) is 25.7 Å². The molecule has 3 nitrogen and oxygen atoms in total.